The van der Waals surface area contributed by atoms with Crippen LogP contribution in [0.2, 0.25) is 18.1 Å². The number of methoxy groups -OCH3 is 1. The molecule has 0 N–H and O–H groups in total. The van der Waals surface area contributed by atoms with Gasteiger partial charge in [-0.05, 0) is 31.0 Å². The summed E-state index contributed by atoms with van der Waals surface area (Å²) in [5.74, 6) is -0.354. The van der Waals surface area contributed by atoms with Crippen molar-refractivity contribution in [2.75, 3.05) is 33.5 Å². The summed E-state index contributed by atoms with van der Waals surface area (Å²) in [6, 6.07) is 0.275. The number of likely N-dealkylation sites (tertiary alicyclic amines) is 1. The Hall–Kier alpha value is -1.11. The molecule has 0 aromatic heterocycles. The Bertz CT molecular complexity index is 482. The fraction of sp³-hybridized carbons (Fsp3) is 0.737. The summed E-state index contributed by atoms with van der Waals surface area (Å²) in [4.78, 5) is 14.0. The van der Waals surface area contributed by atoms with Gasteiger partial charge in [-0.2, -0.15) is 0 Å². The van der Waals surface area contributed by atoms with Gasteiger partial charge in [0.2, 0.25) is 0 Å². The number of hydrogen-bond donors (Lipinski definition) is 0. The Balaban J connectivity index is 2.81. The zero-order valence-corrected chi connectivity index (χ0v) is 17.8. The molecule has 1 fully saturated rings. The van der Waals surface area contributed by atoms with Crippen molar-refractivity contribution in [1.29, 1.82) is 0 Å². The van der Waals surface area contributed by atoms with E-state index in [0.717, 1.165) is 25.1 Å². The van der Waals surface area contributed by atoms with Crippen molar-refractivity contribution in [2.45, 2.75) is 57.8 Å². The van der Waals surface area contributed by atoms with Crippen molar-refractivity contribution in [1.82, 2.24) is 4.90 Å². The number of carbonyl (C=O) groups is 1. The molecule has 0 radical (unpaired) electrons. The quantitative estimate of drug-likeness (QED) is 0.204. The number of rotatable bonds is 9. The van der Waals surface area contributed by atoms with Crippen LogP contribution in [0.25, 0.3) is 0 Å². The fourth-order valence-corrected chi connectivity index (χ4v) is 3.60. The Morgan fingerprint density at radius 3 is 2.60 bits per heavy atom. The van der Waals surface area contributed by atoms with Crippen LogP contribution in [-0.2, 0) is 18.7 Å². The third-order valence-electron chi connectivity index (χ3n) is 5.16. The van der Waals surface area contributed by atoms with Gasteiger partial charge in [0.15, 0.2) is 8.32 Å². The molecule has 0 bridgehead atoms. The second-order valence-electron chi connectivity index (χ2n) is 8.02. The molecular weight excluding hydrogens is 334 g/mol. The van der Waals surface area contributed by atoms with Crippen molar-refractivity contribution in [3.63, 3.8) is 0 Å². The third kappa shape index (κ3) is 6.60. The maximum Gasteiger partial charge on any atom is 0.332 e. The highest BCUT2D eigenvalue weighted by Gasteiger charge is 2.38. The highest BCUT2D eigenvalue weighted by Crippen LogP contribution is 2.37. The minimum atomic E-state index is -1.79. The van der Waals surface area contributed by atoms with Gasteiger partial charge in [-0.1, -0.05) is 26.8 Å². The molecule has 5 nitrogen and oxygen atoms in total. The lowest BCUT2D eigenvalue weighted by Crippen LogP contribution is -2.45. The summed E-state index contributed by atoms with van der Waals surface area (Å²) in [7, 11) is -0.397. The van der Waals surface area contributed by atoms with E-state index in [4.69, 9.17) is 13.9 Å². The molecule has 0 aliphatic carbocycles. The van der Waals surface area contributed by atoms with Crippen molar-refractivity contribution in [2.24, 2.45) is 0 Å². The summed E-state index contributed by atoms with van der Waals surface area (Å²) in [5.41, 5.74) is 0.857. The first-order chi connectivity index (χ1) is 11.6. The van der Waals surface area contributed by atoms with Gasteiger partial charge in [0.05, 0.1) is 33.0 Å². The zero-order chi connectivity index (χ0) is 19.1. The topological polar surface area (TPSA) is 48.0 Å². The van der Waals surface area contributed by atoms with E-state index in [2.05, 4.69) is 45.3 Å². The molecule has 1 aliphatic rings. The molecule has 144 valence electrons. The van der Waals surface area contributed by atoms with Gasteiger partial charge in [-0.15, -0.1) is 6.58 Å². The van der Waals surface area contributed by atoms with E-state index in [-0.39, 0.29) is 17.0 Å². The summed E-state index contributed by atoms with van der Waals surface area (Å²) < 4.78 is 16.8. The SMILES string of the molecule is C=CCOC/C(=C/C(=O)OC)N1CCC[C@H]1CO[Si](C)(C)C(C)(C)C. The third-order valence-corrected chi connectivity index (χ3v) is 9.66. The number of carbonyl (C=O) groups excluding carboxylic acids is 1. The lowest BCUT2D eigenvalue weighted by atomic mass is 10.2. The monoisotopic (exact) mass is 369 g/mol. The van der Waals surface area contributed by atoms with Gasteiger partial charge in [-0.25, -0.2) is 4.79 Å². The Labute approximate surface area is 154 Å². The van der Waals surface area contributed by atoms with Gasteiger partial charge in [0.25, 0.3) is 0 Å². The van der Waals surface area contributed by atoms with Crippen LogP contribution in [0.5, 0.6) is 0 Å². The molecule has 1 saturated heterocycles. The molecule has 0 spiro atoms. The number of hydrogen-bond acceptors (Lipinski definition) is 5. The molecule has 1 heterocycles. The lowest BCUT2D eigenvalue weighted by Gasteiger charge is -2.38. The average molecular weight is 370 g/mol. The van der Waals surface area contributed by atoms with Crippen LogP contribution in [0.3, 0.4) is 0 Å². The zero-order valence-electron chi connectivity index (χ0n) is 16.8. The molecule has 25 heavy (non-hydrogen) atoms. The largest absolute Gasteiger partial charge is 0.466 e. The molecular formula is C19H35NO4Si. The second kappa shape index (κ2) is 9.55. The van der Waals surface area contributed by atoms with Crippen LogP contribution in [0.1, 0.15) is 33.6 Å². The molecule has 0 amide bonds. The number of esters is 1. The maximum atomic E-state index is 11.7. The average Bonchev–Trinajstić information content (AvgIpc) is 2.99. The number of nitrogens with zero attached hydrogens (tertiary/aromatic N) is 1. The van der Waals surface area contributed by atoms with Gasteiger partial charge < -0.3 is 18.8 Å². The van der Waals surface area contributed by atoms with E-state index in [9.17, 15) is 4.79 Å². The van der Waals surface area contributed by atoms with Gasteiger partial charge in [-0.3, -0.25) is 0 Å². The number of ether oxygens (including phenoxy) is 2. The van der Waals surface area contributed by atoms with Crippen LogP contribution in [-0.4, -0.2) is 58.7 Å². The summed E-state index contributed by atoms with van der Waals surface area (Å²) in [5, 5.41) is 0.189. The molecule has 0 unspecified atom stereocenters. The summed E-state index contributed by atoms with van der Waals surface area (Å²) in [6.07, 6.45) is 5.39. The first kappa shape index (κ1) is 21.9. The van der Waals surface area contributed by atoms with Crippen molar-refractivity contribution in [3.8, 4) is 0 Å². The first-order valence-electron chi connectivity index (χ1n) is 9.00. The van der Waals surface area contributed by atoms with E-state index < -0.39 is 8.32 Å². The Morgan fingerprint density at radius 2 is 2.04 bits per heavy atom. The molecule has 1 aliphatic heterocycles. The maximum absolute atomic E-state index is 11.7. The minimum absolute atomic E-state index is 0.189. The molecule has 1 atom stereocenters. The molecule has 0 aromatic carbocycles. The van der Waals surface area contributed by atoms with Crippen LogP contribution in [0.15, 0.2) is 24.4 Å². The van der Waals surface area contributed by atoms with Crippen LogP contribution in [0.4, 0.5) is 0 Å². The second-order valence-corrected chi connectivity index (χ2v) is 12.8. The van der Waals surface area contributed by atoms with E-state index in [1.54, 1.807) is 6.08 Å². The molecule has 1 rings (SSSR count). The van der Waals surface area contributed by atoms with Crippen LogP contribution >= 0.6 is 0 Å². The highest BCUT2D eigenvalue weighted by molar-refractivity contribution is 6.74. The van der Waals surface area contributed by atoms with E-state index in [1.165, 1.54) is 13.2 Å². The summed E-state index contributed by atoms with van der Waals surface area (Å²) >= 11 is 0. The lowest BCUT2D eigenvalue weighted by molar-refractivity contribution is -0.135. The van der Waals surface area contributed by atoms with E-state index in [0.29, 0.717) is 19.8 Å². The van der Waals surface area contributed by atoms with Gasteiger partial charge in [0.1, 0.15) is 0 Å². The molecule has 0 saturated carbocycles. The van der Waals surface area contributed by atoms with Gasteiger partial charge in [0, 0.05) is 18.3 Å². The van der Waals surface area contributed by atoms with Crippen molar-refractivity contribution in [3.05, 3.63) is 24.4 Å². The Kier molecular flexibility index (Phi) is 8.37. The van der Waals surface area contributed by atoms with Crippen molar-refractivity contribution < 1.29 is 18.7 Å². The fourth-order valence-electron chi connectivity index (χ4n) is 2.56. The molecule has 0 aromatic rings. The van der Waals surface area contributed by atoms with Crippen LogP contribution < -0.4 is 0 Å². The Morgan fingerprint density at radius 1 is 1.36 bits per heavy atom. The van der Waals surface area contributed by atoms with E-state index >= 15 is 0 Å². The van der Waals surface area contributed by atoms with Crippen LogP contribution in [0, 0.1) is 0 Å². The highest BCUT2D eigenvalue weighted by atomic mass is 28.4. The van der Waals surface area contributed by atoms with Crippen molar-refractivity contribution >= 4 is 14.3 Å². The van der Waals surface area contributed by atoms with E-state index in [1.807, 2.05) is 0 Å². The normalized spacial score (nSPS) is 19.2. The molecule has 6 heteroatoms. The smallest absolute Gasteiger partial charge is 0.332 e. The first-order valence-corrected chi connectivity index (χ1v) is 11.9. The minimum Gasteiger partial charge on any atom is -0.466 e. The standard InChI is InChI=1S/C19H35NO4Si/c1-8-12-23-14-17(13-18(21)22-5)20-11-9-10-16(20)15-24-25(6,7)19(2,3)4/h8,13,16H,1,9-12,14-15H2,2-7H3/b17-13-/t16-/m0/s1. The predicted octanol–water partition coefficient (Wildman–Crippen LogP) is 3.73. The predicted molar refractivity (Wildman–Crippen MR) is 104 cm³/mol. The summed E-state index contributed by atoms with van der Waals surface area (Å²) in [6.45, 7) is 17.4. The van der Waals surface area contributed by atoms with Gasteiger partial charge >= 0.3 is 5.97 Å².